The highest BCUT2D eigenvalue weighted by Gasteiger charge is 2.36. The number of hydrogen-bond donors (Lipinski definition) is 1. The van der Waals surface area contributed by atoms with Crippen molar-refractivity contribution < 1.29 is 14.3 Å². The van der Waals surface area contributed by atoms with Crippen molar-refractivity contribution in [1.29, 1.82) is 0 Å². The number of rotatable bonds is 5. The van der Waals surface area contributed by atoms with Gasteiger partial charge in [0, 0.05) is 31.6 Å². The van der Waals surface area contributed by atoms with E-state index in [-0.39, 0.29) is 17.9 Å². The summed E-state index contributed by atoms with van der Waals surface area (Å²) in [5.41, 5.74) is 2.56. The minimum atomic E-state index is -0.502. The molecule has 2 aliphatic rings. The molecule has 0 saturated carbocycles. The summed E-state index contributed by atoms with van der Waals surface area (Å²) in [4.78, 5) is 15.1. The summed E-state index contributed by atoms with van der Waals surface area (Å²) in [5.74, 6) is 0.200. The number of nitrogens with one attached hydrogen (secondary N) is 1. The van der Waals surface area contributed by atoms with Crippen molar-refractivity contribution in [3.63, 3.8) is 0 Å². The number of hydrogen-bond acceptors (Lipinski definition) is 4. The average molecular weight is 366 g/mol. The van der Waals surface area contributed by atoms with Gasteiger partial charge in [0.25, 0.3) is 5.91 Å². The number of carbonyl (C=O) groups is 1. The van der Waals surface area contributed by atoms with Gasteiger partial charge in [-0.2, -0.15) is 0 Å². The highest BCUT2D eigenvalue weighted by atomic mass is 16.6. The maximum Gasteiger partial charge on any atom is 0.251 e. The Bertz CT molecular complexity index is 732. The Kier molecular flexibility index (Phi) is 5.82. The Hall–Kier alpha value is -2.21. The van der Waals surface area contributed by atoms with Crippen molar-refractivity contribution in [2.75, 3.05) is 32.9 Å². The average Bonchev–Trinajstić information content (AvgIpc) is 3.12. The van der Waals surface area contributed by atoms with Crippen LogP contribution >= 0.6 is 0 Å². The summed E-state index contributed by atoms with van der Waals surface area (Å²) in [7, 11) is 0. The van der Waals surface area contributed by atoms with Gasteiger partial charge in [0.1, 0.15) is 0 Å². The molecule has 3 atom stereocenters. The molecule has 2 saturated heterocycles. The standard InChI is InChI=1S/C22H26N2O3/c25-22(21-16-26-11-12-27-21)23-20-15-24(13-17-7-3-1-4-8-17)14-19(20)18-9-5-2-6-10-18/h1-10,19-21H,11-16H2,(H,23,25)/t19-,20+,21-/m0/s1. The van der Waals surface area contributed by atoms with E-state index < -0.39 is 6.10 Å². The molecule has 2 aromatic carbocycles. The first-order chi connectivity index (χ1) is 13.3. The molecule has 1 amide bonds. The Balaban J connectivity index is 1.47. The van der Waals surface area contributed by atoms with E-state index in [1.54, 1.807) is 0 Å². The number of benzene rings is 2. The maximum atomic E-state index is 12.7. The van der Waals surface area contributed by atoms with Gasteiger partial charge in [-0.3, -0.25) is 9.69 Å². The minimum Gasteiger partial charge on any atom is -0.376 e. The largest absolute Gasteiger partial charge is 0.376 e. The molecule has 0 spiro atoms. The highest BCUT2D eigenvalue weighted by Crippen LogP contribution is 2.29. The molecule has 27 heavy (non-hydrogen) atoms. The van der Waals surface area contributed by atoms with Crippen LogP contribution < -0.4 is 5.32 Å². The van der Waals surface area contributed by atoms with Crippen LogP contribution in [-0.2, 0) is 20.8 Å². The summed E-state index contributed by atoms with van der Waals surface area (Å²) in [6, 6.07) is 21.0. The molecule has 2 fully saturated rings. The second kappa shape index (κ2) is 8.65. The van der Waals surface area contributed by atoms with Gasteiger partial charge in [0.15, 0.2) is 6.10 Å². The van der Waals surface area contributed by atoms with E-state index in [2.05, 4.69) is 58.7 Å². The zero-order valence-electron chi connectivity index (χ0n) is 15.4. The molecule has 5 heteroatoms. The summed E-state index contributed by atoms with van der Waals surface area (Å²) in [5, 5.41) is 3.23. The molecule has 2 aliphatic heterocycles. The van der Waals surface area contributed by atoms with Crippen molar-refractivity contribution >= 4 is 5.91 Å². The lowest BCUT2D eigenvalue weighted by Crippen LogP contribution is -2.48. The number of ether oxygens (including phenoxy) is 2. The lowest BCUT2D eigenvalue weighted by molar-refractivity contribution is -0.148. The predicted molar refractivity (Wildman–Crippen MR) is 103 cm³/mol. The fourth-order valence-corrected chi connectivity index (χ4v) is 3.96. The fraction of sp³-hybridized carbons (Fsp3) is 0.409. The Labute approximate surface area is 160 Å². The van der Waals surface area contributed by atoms with Crippen LogP contribution in [0.5, 0.6) is 0 Å². The van der Waals surface area contributed by atoms with Crippen LogP contribution in [0.3, 0.4) is 0 Å². The van der Waals surface area contributed by atoms with E-state index in [4.69, 9.17) is 9.47 Å². The van der Waals surface area contributed by atoms with Gasteiger partial charge in [-0.15, -0.1) is 0 Å². The van der Waals surface area contributed by atoms with Gasteiger partial charge >= 0.3 is 0 Å². The van der Waals surface area contributed by atoms with Crippen LogP contribution in [0, 0.1) is 0 Å². The zero-order valence-corrected chi connectivity index (χ0v) is 15.4. The summed E-state index contributed by atoms with van der Waals surface area (Å²) in [6.45, 7) is 4.01. The molecule has 142 valence electrons. The van der Waals surface area contributed by atoms with E-state index in [9.17, 15) is 4.79 Å². The molecule has 0 bridgehead atoms. The van der Waals surface area contributed by atoms with Crippen LogP contribution in [0.15, 0.2) is 60.7 Å². The van der Waals surface area contributed by atoms with Crippen molar-refractivity contribution in [2.24, 2.45) is 0 Å². The Morgan fingerprint density at radius 2 is 1.74 bits per heavy atom. The number of nitrogens with zero attached hydrogens (tertiary/aromatic N) is 1. The zero-order chi connectivity index (χ0) is 18.5. The third-order valence-electron chi connectivity index (χ3n) is 5.31. The number of likely N-dealkylation sites (tertiary alicyclic amines) is 1. The van der Waals surface area contributed by atoms with Crippen LogP contribution in [0.2, 0.25) is 0 Å². The fourth-order valence-electron chi connectivity index (χ4n) is 3.96. The third-order valence-corrected chi connectivity index (χ3v) is 5.31. The highest BCUT2D eigenvalue weighted by molar-refractivity contribution is 5.81. The molecular weight excluding hydrogens is 340 g/mol. The quantitative estimate of drug-likeness (QED) is 0.881. The SMILES string of the molecule is O=C(N[C@@H]1CN(Cc2ccccc2)C[C@H]1c1ccccc1)[C@@H]1COCCO1. The second-order valence-electron chi connectivity index (χ2n) is 7.25. The maximum absolute atomic E-state index is 12.7. The van der Waals surface area contributed by atoms with Gasteiger partial charge in [0.05, 0.1) is 19.8 Å². The van der Waals surface area contributed by atoms with Gasteiger partial charge in [-0.25, -0.2) is 0 Å². The van der Waals surface area contributed by atoms with Crippen molar-refractivity contribution in [2.45, 2.75) is 24.6 Å². The van der Waals surface area contributed by atoms with Gasteiger partial charge in [0.2, 0.25) is 0 Å². The van der Waals surface area contributed by atoms with E-state index in [0.717, 1.165) is 19.6 Å². The molecule has 0 aromatic heterocycles. The van der Waals surface area contributed by atoms with Gasteiger partial charge in [-0.05, 0) is 11.1 Å². The molecule has 0 unspecified atom stereocenters. The predicted octanol–water partition coefficient (Wildman–Crippen LogP) is 2.19. The molecule has 2 aromatic rings. The van der Waals surface area contributed by atoms with Crippen molar-refractivity contribution in [1.82, 2.24) is 10.2 Å². The van der Waals surface area contributed by atoms with E-state index in [0.29, 0.717) is 19.8 Å². The summed E-state index contributed by atoms with van der Waals surface area (Å²) >= 11 is 0. The molecule has 4 rings (SSSR count). The first-order valence-electron chi connectivity index (χ1n) is 9.60. The topological polar surface area (TPSA) is 50.8 Å². The molecule has 0 aliphatic carbocycles. The Morgan fingerprint density at radius 3 is 2.44 bits per heavy atom. The first-order valence-corrected chi connectivity index (χ1v) is 9.60. The van der Waals surface area contributed by atoms with E-state index in [1.165, 1.54) is 11.1 Å². The van der Waals surface area contributed by atoms with E-state index >= 15 is 0 Å². The lowest BCUT2D eigenvalue weighted by atomic mass is 9.94. The lowest BCUT2D eigenvalue weighted by Gasteiger charge is -2.26. The second-order valence-corrected chi connectivity index (χ2v) is 7.25. The van der Waals surface area contributed by atoms with Gasteiger partial charge < -0.3 is 14.8 Å². The monoisotopic (exact) mass is 366 g/mol. The molecule has 5 nitrogen and oxygen atoms in total. The minimum absolute atomic E-state index is 0.0640. The molecule has 2 heterocycles. The van der Waals surface area contributed by atoms with Crippen LogP contribution in [0.4, 0.5) is 0 Å². The summed E-state index contributed by atoms with van der Waals surface area (Å²) in [6.07, 6.45) is -0.502. The van der Waals surface area contributed by atoms with Gasteiger partial charge in [-0.1, -0.05) is 60.7 Å². The number of carbonyl (C=O) groups excluding carboxylic acids is 1. The van der Waals surface area contributed by atoms with Crippen molar-refractivity contribution in [3.8, 4) is 0 Å². The summed E-state index contributed by atoms with van der Waals surface area (Å²) < 4.78 is 10.9. The van der Waals surface area contributed by atoms with E-state index in [1.807, 2.05) is 12.1 Å². The van der Waals surface area contributed by atoms with Crippen molar-refractivity contribution in [3.05, 3.63) is 71.8 Å². The third kappa shape index (κ3) is 4.56. The smallest absolute Gasteiger partial charge is 0.251 e. The number of amides is 1. The van der Waals surface area contributed by atoms with Crippen LogP contribution in [-0.4, -0.2) is 55.9 Å². The molecule has 0 radical (unpaired) electrons. The first kappa shape index (κ1) is 18.2. The molecule has 1 N–H and O–H groups in total. The molecular formula is C22H26N2O3. The Morgan fingerprint density at radius 1 is 1.00 bits per heavy atom. The van der Waals surface area contributed by atoms with Crippen LogP contribution in [0.1, 0.15) is 17.0 Å². The normalized spacial score (nSPS) is 26.0. The van der Waals surface area contributed by atoms with Crippen LogP contribution in [0.25, 0.3) is 0 Å².